The number of sulfonamides is 1. The molecule has 0 saturated carbocycles. The highest BCUT2D eigenvalue weighted by Gasteiger charge is 2.27. The predicted octanol–water partition coefficient (Wildman–Crippen LogP) is 4.71. The second-order valence-electron chi connectivity index (χ2n) is 6.47. The molecule has 0 unspecified atom stereocenters. The maximum Gasteiger partial charge on any atom is 0.264 e. The summed E-state index contributed by atoms with van der Waals surface area (Å²) in [4.78, 5) is 0.306. The molecular weight excluding hydrogens is 358 g/mol. The topological polar surface area (TPSA) is 46.6 Å². The first kappa shape index (κ1) is 19.0. The first-order valence-electron chi connectivity index (χ1n) is 8.70. The normalized spacial score (nSPS) is 11.2. The molecule has 5 heteroatoms. The maximum absolute atomic E-state index is 13.5. The average Bonchev–Trinajstić information content (AvgIpc) is 2.66. The van der Waals surface area contributed by atoms with Gasteiger partial charge in [-0.05, 0) is 43.2 Å². The van der Waals surface area contributed by atoms with Crippen molar-refractivity contribution in [1.29, 1.82) is 0 Å². The average molecular weight is 381 g/mol. The zero-order valence-electron chi connectivity index (χ0n) is 15.7. The molecule has 27 heavy (non-hydrogen) atoms. The first-order chi connectivity index (χ1) is 12.9. The van der Waals surface area contributed by atoms with Crippen molar-refractivity contribution in [1.82, 2.24) is 0 Å². The zero-order chi connectivity index (χ0) is 19.4. The Kier molecular flexibility index (Phi) is 5.51. The van der Waals surface area contributed by atoms with Crippen LogP contribution in [0.1, 0.15) is 16.7 Å². The minimum Gasteiger partial charge on any atom is -0.497 e. The van der Waals surface area contributed by atoms with Crippen molar-refractivity contribution in [2.75, 3.05) is 11.4 Å². The molecule has 0 fully saturated rings. The lowest BCUT2D eigenvalue weighted by atomic mass is 10.1. The Morgan fingerprint density at radius 3 is 2.33 bits per heavy atom. The third-order valence-electron chi connectivity index (χ3n) is 4.41. The van der Waals surface area contributed by atoms with Crippen LogP contribution in [0.4, 0.5) is 5.69 Å². The summed E-state index contributed by atoms with van der Waals surface area (Å²) < 4.78 is 33.8. The fourth-order valence-corrected chi connectivity index (χ4v) is 4.69. The van der Waals surface area contributed by atoms with E-state index in [1.54, 1.807) is 43.5 Å². The molecule has 0 atom stereocenters. The largest absolute Gasteiger partial charge is 0.497 e. The van der Waals surface area contributed by atoms with Crippen LogP contribution in [-0.4, -0.2) is 15.5 Å². The van der Waals surface area contributed by atoms with Crippen molar-refractivity contribution in [2.45, 2.75) is 25.3 Å². The maximum atomic E-state index is 13.5. The summed E-state index contributed by atoms with van der Waals surface area (Å²) in [5.74, 6) is 0.613. The minimum atomic E-state index is -3.74. The van der Waals surface area contributed by atoms with Gasteiger partial charge in [0.05, 0.1) is 24.2 Å². The Balaban J connectivity index is 2.13. The fourth-order valence-electron chi connectivity index (χ4n) is 3.02. The third-order valence-corrected chi connectivity index (χ3v) is 6.35. The third kappa shape index (κ3) is 4.14. The molecule has 0 heterocycles. The number of anilines is 1. The number of aryl methyl sites for hydroxylation is 2. The lowest BCUT2D eigenvalue weighted by Crippen LogP contribution is -2.31. The van der Waals surface area contributed by atoms with E-state index in [0.29, 0.717) is 16.3 Å². The van der Waals surface area contributed by atoms with Gasteiger partial charge in [0.15, 0.2) is 0 Å². The molecule has 0 aliphatic heterocycles. The molecule has 0 aliphatic carbocycles. The van der Waals surface area contributed by atoms with E-state index in [0.717, 1.165) is 16.7 Å². The molecule has 0 bridgehead atoms. The van der Waals surface area contributed by atoms with Gasteiger partial charge >= 0.3 is 0 Å². The monoisotopic (exact) mass is 381 g/mol. The minimum absolute atomic E-state index is 0.242. The number of methoxy groups -OCH3 is 1. The van der Waals surface area contributed by atoms with Crippen molar-refractivity contribution in [3.63, 3.8) is 0 Å². The van der Waals surface area contributed by atoms with Crippen LogP contribution >= 0.6 is 0 Å². The first-order valence-corrected chi connectivity index (χ1v) is 10.1. The Morgan fingerprint density at radius 2 is 1.63 bits per heavy atom. The standard InChI is InChI=1S/C22H23NO3S/c1-17-8-6-10-19(14-17)16-23(20-11-7-12-21(15-20)26-3)27(24,25)22-13-5-4-9-18(22)2/h4-15H,16H2,1-3H3. The van der Waals surface area contributed by atoms with Crippen molar-refractivity contribution in [2.24, 2.45) is 0 Å². The number of rotatable bonds is 6. The second kappa shape index (κ2) is 7.84. The molecule has 0 aromatic heterocycles. The van der Waals surface area contributed by atoms with Crippen LogP contribution in [0.3, 0.4) is 0 Å². The van der Waals surface area contributed by atoms with Crippen LogP contribution < -0.4 is 9.04 Å². The lowest BCUT2D eigenvalue weighted by molar-refractivity contribution is 0.415. The molecular formula is C22H23NO3S. The van der Waals surface area contributed by atoms with Crippen LogP contribution in [0.2, 0.25) is 0 Å². The van der Waals surface area contributed by atoms with Crippen LogP contribution in [0.15, 0.2) is 77.7 Å². The molecule has 0 N–H and O–H groups in total. The van der Waals surface area contributed by atoms with Gasteiger partial charge in [-0.1, -0.05) is 54.1 Å². The molecule has 0 spiro atoms. The van der Waals surface area contributed by atoms with Gasteiger partial charge in [0.2, 0.25) is 0 Å². The lowest BCUT2D eigenvalue weighted by Gasteiger charge is -2.26. The van der Waals surface area contributed by atoms with Gasteiger partial charge in [-0.15, -0.1) is 0 Å². The van der Waals surface area contributed by atoms with E-state index in [1.807, 2.05) is 50.2 Å². The SMILES string of the molecule is COc1cccc(N(Cc2cccc(C)c2)S(=O)(=O)c2ccccc2C)c1. The molecule has 0 saturated heterocycles. The van der Waals surface area contributed by atoms with Crippen LogP contribution in [0.25, 0.3) is 0 Å². The van der Waals surface area contributed by atoms with Gasteiger partial charge in [-0.3, -0.25) is 4.31 Å². The predicted molar refractivity (Wildman–Crippen MR) is 109 cm³/mol. The number of ether oxygens (including phenoxy) is 1. The van der Waals surface area contributed by atoms with Gasteiger partial charge in [-0.2, -0.15) is 0 Å². The summed E-state index contributed by atoms with van der Waals surface area (Å²) in [6.07, 6.45) is 0. The molecule has 0 aliphatic rings. The van der Waals surface area contributed by atoms with Crippen molar-refractivity contribution >= 4 is 15.7 Å². The number of hydrogen-bond acceptors (Lipinski definition) is 3. The highest BCUT2D eigenvalue weighted by molar-refractivity contribution is 7.92. The smallest absolute Gasteiger partial charge is 0.264 e. The van der Waals surface area contributed by atoms with E-state index in [-0.39, 0.29) is 6.54 Å². The van der Waals surface area contributed by atoms with Crippen LogP contribution in [-0.2, 0) is 16.6 Å². The Morgan fingerprint density at radius 1 is 0.889 bits per heavy atom. The molecule has 4 nitrogen and oxygen atoms in total. The Labute approximate surface area is 161 Å². The van der Waals surface area contributed by atoms with Gasteiger partial charge in [0.25, 0.3) is 10.0 Å². The summed E-state index contributed by atoms with van der Waals surface area (Å²) in [5.41, 5.74) is 3.30. The second-order valence-corrected chi connectivity index (χ2v) is 8.30. The molecule has 3 aromatic rings. The van der Waals surface area contributed by atoms with Gasteiger partial charge in [0, 0.05) is 6.07 Å². The summed E-state index contributed by atoms with van der Waals surface area (Å²) in [6, 6.07) is 22.0. The molecule has 0 radical (unpaired) electrons. The van der Waals surface area contributed by atoms with Crippen molar-refractivity contribution in [3.8, 4) is 5.75 Å². The Bertz CT molecular complexity index is 1040. The van der Waals surface area contributed by atoms with E-state index >= 15 is 0 Å². The number of hydrogen-bond donors (Lipinski definition) is 0. The molecule has 3 aromatic carbocycles. The highest BCUT2D eigenvalue weighted by Crippen LogP contribution is 2.30. The van der Waals surface area contributed by atoms with E-state index in [9.17, 15) is 8.42 Å². The summed E-state index contributed by atoms with van der Waals surface area (Å²) >= 11 is 0. The van der Waals surface area contributed by atoms with E-state index < -0.39 is 10.0 Å². The van der Waals surface area contributed by atoms with Crippen molar-refractivity contribution in [3.05, 3.63) is 89.5 Å². The quantitative estimate of drug-likeness (QED) is 0.621. The molecule has 140 valence electrons. The fraction of sp³-hybridized carbons (Fsp3) is 0.182. The number of nitrogens with zero attached hydrogens (tertiary/aromatic N) is 1. The summed E-state index contributed by atoms with van der Waals surface area (Å²) in [7, 11) is -2.17. The van der Waals surface area contributed by atoms with Crippen molar-refractivity contribution < 1.29 is 13.2 Å². The summed E-state index contributed by atoms with van der Waals surface area (Å²) in [5, 5.41) is 0. The highest BCUT2D eigenvalue weighted by atomic mass is 32.2. The summed E-state index contributed by atoms with van der Waals surface area (Å²) in [6.45, 7) is 4.05. The van der Waals surface area contributed by atoms with Gasteiger partial charge in [-0.25, -0.2) is 8.42 Å². The molecule has 3 rings (SSSR count). The van der Waals surface area contributed by atoms with Gasteiger partial charge in [0.1, 0.15) is 5.75 Å². The van der Waals surface area contributed by atoms with E-state index in [4.69, 9.17) is 4.74 Å². The van der Waals surface area contributed by atoms with E-state index in [2.05, 4.69) is 0 Å². The van der Waals surface area contributed by atoms with Gasteiger partial charge < -0.3 is 4.74 Å². The van der Waals surface area contributed by atoms with Crippen LogP contribution in [0.5, 0.6) is 5.75 Å². The van der Waals surface area contributed by atoms with Crippen LogP contribution in [0, 0.1) is 13.8 Å². The number of benzene rings is 3. The Hall–Kier alpha value is -2.79. The molecule has 0 amide bonds. The van der Waals surface area contributed by atoms with E-state index in [1.165, 1.54) is 4.31 Å². The zero-order valence-corrected chi connectivity index (χ0v) is 16.5.